The number of benzene rings is 2. The Morgan fingerprint density at radius 2 is 0.837 bits per heavy atom. The van der Waals surface area contributed by atoms with Crippen LogP contribution in [0.1, 0.15) is 152 Å². The molecule has 0 atom stereocenters. The Kier molecular flexibility index (Phi) is 25.7. The first-order chi connectivity index (χ1) is 18.9. The molecule has 0 heterocycles. The molecule has 0 aliphatic heterocycles. The van der Waals surface area contributed by atoms with Gasteiger partial charge in [0.1, 0.15) is 0 Å². The molecule has 4 aromatic rings. The van der Waals surface area contributed by atoms with Gasteiger partial charge in [-0.15, -0.1) is 56.9 Å². The molecular weight excluding hydrogens is 746 g/mol. The van der Waals surface area contributed by atoms with Crippen LogP contribution < -0.4 is 24.8 Å². The zero-order valence-electron chi connectivity index (χ0n) is 29.5. The minimum absolute atomic E-state index is 0. The Balaban J connectivity index is -0.000000568. The molecule has 4 aromatic carbocycles. The van der Waals surface area contributed by atoms with Crippen LogP contribution in [0.15, 0.2) is 48.5 Å². The van der Waals surface area contributed by atoms with E-state index in [1.165, 1.54) is 80.6 Å². The van der Waals surface area contributed by atoms with E-state index in [9.17, 15) is 0 Å². The molecule has 0 N–H and O–H groups in total. The summed E-state index contributed by atoms with van der Waals surface area (Å²) in [7, 11) is 2.97. The molecule has 3 radical (unpaired) electrons. The largest absolute Gasteiger partial charge is 4.00 e. The third kappa shape index (κ3) is 14.5. The SMILES string of the molecule is CCCCCC.C[Si].Cc1cc2c(C(C)C)cc(C(C)C)cc2[cH-]1.Cc1cc2c(C(C)C)cc(C(C)C)cc2[cH-]1.[Cl-].[Cl-].[Hf+4]. The molecule has 0 nitrogen and oxygen atoms in total. The molecule has 0 fully saturated rings. The minimum Gasteiger partial charge on any atom is -1.00 e. The van der Waals surface area contributed by atoms with Gasteiger partial charge in [0.15, 0.2) is 0 Å². The van der Waals surface area contributed by atoms with Crippen molar-refractivity contribution in [1.29, 1.82) is 0 Å². The fourth-order valence-corrected chi connectivity index (χ4v) is 5.17. The van der Waals surface area contributed by atoms with Crippen LogP contribution in [-0.4, -0.2) is 10.2 Å². The summed E-state index contributed by atoms with van der Waals surface area (Å²) in [6.07, 6.45) is 5.54. The summed E-state index contributed by atoms with van der Waals surface area (Å²) in [5, 5.41) is 5.70. The molecule has 0 amide bonds. The molecule has 4 heteroatoms. The normalized spacial score (nSPS) is 10.3. The standard InChI is InChI=1S/2C16H21.C6H14.CH3Si.2ClH.Hf/c2*1-10(2)13-8-14-6-12(5)7-16(14)15(9-13)11(3)4;1-3-5-6-4-2;1-2;;;/h2*6-11H,1-5H3;3-6H2,1-2H3;1H3;2*1H;/q2*-1;;;;;+4/p-2. The van der Waals surface area contributed by atoms with Gasteiger partial charge in [-0.2, -0.15) is 12.1 Å². The Morgan fingerprint density at radius 1 is 0.535 bits per heavy atom. The van der Waals surface area contributed by atoms with E-state index in [-0.39, 0.29) is 50.7 Å². The fraction of sp³-hybridized carbons (Fsp3) is 0.538. The predicted molar refractivity (Wildman–Crippen MR) is 186 cm³/mol. The minimum atomic E-state index is 0. The molecule has 237 valence electrons. The van der Waals surface area contributed by atoms with Crippen molar-refractivity contribution in [2.75, 3.05) is 0 Å². The van der Waals surface area contributed by atoms with Crippen LogP contribution in [0.4, 0.5) is 0 Å². The van der Waals surface area contributed by atoms with Gasteiger partial charge >= 0.3 is 25.8 Å². The number of unbranched alkanes of at least 4 members (excludes halogenated alkanes) is 3. The number of aryl methyl sites for hydroxylation is 2. The monoisotopic (exact) mass is 805 g/mol. The van der Waals surface area contributed by atoms with Crippen molar-refractivity contribution >= 4 is 31.8 Å². The average Bonchev–Trinajstić information content (AvgIpc) is 3.48. The van der Waals surface area contributed by atoms with Crippen molar-refractivity contribution in [1.82, 2.24) is 0 Å². The Labute approximate surface area is 301 Å². The van der Waals surface area contributed by atoms with Crippen LogP contribution in [0.2, 0.25) is 6.55 Å². The molecule has 0 bridgehead atoms. The van der Waals surface area contributed by atoms with Crippen LogP contribution >= 0.6 is 0 Å². The molecule has 0 unspecified atom stereocenters. The van der Waals surface area contributed by atoms with Crippen LogP contribution in [0.25, 0.3) is 21.5 Å². The van der Waals surface area contributed by atoms with Gasteiger partial charge in [-0.05, 0) is 23.7 Å². The van der Waals surface area contributed by atoms with E-state index in [0.29, 0.717) is 23.7 Å². The van der Waals surface area contributed by atoms with Crippen LogP contribution in [0.3, 0.4) is 0 Å². The molecule has 0 saturated carbocycles. The maximum absolute atomic E-state index is 2.97. The van der Waals surface area contributed by atoms with Crippen molar-refractivity contribution < 1.29 is 50.7 Å². The first kappa shape index (κ1) is 46.7. The molecule has 0 spiro atoms. The number of hydrogen-bond donors (Lipinski definition) is 0. The number of fused-ring (bicyclic) bond motifs is 2. The summed E-state index contributed by atoms with van der Waals surface area (Å²) in [4.78, 5) is 0. The molecule has 0 aliphatic carbocycles. The van der Waals surface area contributed by atoms with Gasteiger partial charge in [0.05, 0.1) is 0 Å². The number of hydrogen-bond acceptors (Lipinski definition) is 0. The molecule has 0 aliphatic rings. The first-order valence-electron chi connectivity index (χ1n) is 15.8. The summed E-state index contributed by atoms with van der Waals surface area (Å²) in [6, 6.07) is 18.7. The van der Waals surface area contributed by atoms with E-state index in [2.05, 4.69) is 142 Å². The van der Waals surface area contributed by atoms with Crippen LogP contribution in [-0.2, 0) is 25.8 Å². The maximum atomic E-state index is 2.97. The first-order valence-corrected chi connectivity index (χ1v) is 16.8. The summed E-state index contributed by atoms with van der Waals surface area (Å²) in [6.45, 7) is 28.8. The van der Waals surface area contributed by atoms with Crippen molar-refractivity contribution in [3.05, 3.63) is 81.9 Å². The van der Waals surface area contributed by atoms with E-state index < -0.39 is 0 Å². The van der Waals surface area contributed by atoms with E-state index in [0.717, 1.165) is 0 Å². The van der Waals surface area contributed by atoms with Crippen molar-refractivity contribution in [2.45, 2.75) is 139 Å². The van der Waals surface area contributed by atoms with Gasteiger partial charge in [-0.1, -0.05) is 150 Å². The summed E-state index contributed by atoms with van der Waals surface area (Å²) in [5.41, 5.74) is 8.66. The van der Waals surface area contributed by atoms with Gasteiger partial charge in [0, 0.05) is 10.2 Å². The van der Waals surface area contributed by atoms with Crippen LogP contribution in [0, 0.1) is 13.8 Å². The Bertz CT molecular complexity index is 1180. The second kappa shape index (κ2) is 23.6. The summed E-state index contributed by atoms with van der Waals surface area (Å²) >= 11 is 0. The second-order valence-corrected chi connectivity index (χ2v) is 12.6. The maximum Gasteiger partial charge on any atom is 4.00 e. The van der Waals surface area contributed by atoms with E-state index >= 15 is 0 Å². The molecule has 4 rings (SSSR count). The average molecular weight is 805 g/mol. The third-order valence-electron chi connectivity index (χ3n) is 7.58. The summed E-state index contributed by atoms with van der Waals surface area (Å²) in [5.74, 6) is 2.42. The molecule has 43 heavy (non-hydrogen) atoms. The summed E-state index contributed by atoms with van der Waals surface area (Å²) < 4.78 is 0. The topological polar surface area (TPSA) is 0 Å². The Hall–Kier alpha value is -0.673. The fourth-order valence-electron chi connectivity index (χ4n) is 5.17. The third-order valence-corrected chi connectivity index (χ3v) is 7.58. The zero-order chi connectivity index (χ0) is 30.6. The quantitative estimate of drug-likeness (QED) is 0.107. The van der Waals surface area contributed by atoms with Gasteiger partial charge in [-0.25, -0.2) is 0 Å². The van der Waals surface area contributed by atoms with Crippen molar-refractivity contribution in [3.63, 3.8) is 0 Å². The van der Waals surface area contributed by atoms with Gasteiger partial charge < -0.3 is 24.8 Å². The van der Waals surface area contributed by atoms with Crippen LogP contribution in [0.5, 0.6) is 0 Å². The van der Waals surface area contributed by atoms with Gasteiger partial charge in [-0.3, -0.25) is 0 Å². The zero-order valence-corrected chi connectivity index (χ0v) is 35.6. The van der Waals surface area contributed by atoms with E-state index in [1.807, 2.05) is 0 Å². The van der Waals surface area contributed by atoms with Crippen molar-refractivity contribution in [3.8, 4) is 0 Å². The molecular formula is C39H59Cl2HfSi. The van der Waals surface area contributed by atoms with E-state index in [1.54, 1.807) is 6.55 Å². The molecule has 0 saturated heterocycles. The Morgan fingerprint density at radius 3 is 1.07 bits per heavy atom. The number of halogens is 2. The number of rotatable bonds is 7. The smallest absolute Gasteiger partial charge is 1.00 e. The van der Waals surface area contributed by atoms with Crippen molar-refractivity contribution in [2.24, 2.45) is 0 Å². The predicted octanol–water partition coefficient (Wildman–Crippen LogP) is 7.02. The van der Waals surface area contributed by atoms with E-state index in [4.69, 9.17) is 0 Å². The van der Waals surface area contributed by atoms with Gasteiger partial charge in [0.25, 0.3) is 0 Å². The second-order valence-electron chi connectivity index (χ2n) is 12.6. The van der Waals surface area contributed by atoms with Gasteiger partial charge in [0.2, 0.25) is 0 Å². The molecule has 0 aromatic heterocycles.